The van der Waals surface area contributed by atoms with Crippen molar-refractivity contribution in [1.82, 2.24) is 9.88 Å². The first-order valence-corrected chi connectivity index (χ1v) is 9.02. The van der Waals surface area contributed by atoms with Gasteiger partial charge in [0.1, 0.15) is 5.69 Å². The zero-order valence-electron chi connectivity index (χ0n) is 13.8. The number of aryl methyl sites for hydroxylation is 1. The van der Waals surface area contributed by atoms with Gasteiger partial charge in [0, 0.05) is 19.3 Å². The van der Waals surface area contributed by atoms with Gasteiger partial charge in [0.05, 0.1) is 10.6 Å². The van der Waals surface area contributed by atoms with Crippen molar-refractivity contribution in [3.8, 4) is 0 Å². The third kappa shape index (κ3) is 2.51. The Morgan fingerprint density at radius 2 is 2.04 bits per heavy atom. The number of nitrogens with one attached hydrogen (secondary N) is 1. The summed E-state index contributed by atoms with van der Waals surface area (Å²) in [5.41, 5.74) is 0.158. The van der Waals surface area contributed by atoms with Crippen LogP contribution in [0.1, 0.15) is 55.9 Å². The highest BCUT2D eigenvalue weighted by Gasteiger charge is 2.59. The molecule has 3 atom stereocenters. The van der Waals surface area contributed by atoms with E-state index in [1.807, 2.05) is 7.05 Å². The molecule has 1 amide bonds. The monoisotopic (exact) mass is 336 g/mol. The van der Waals surface area contributed by atoms with Gasteiger partial charge in [-0.05, 0) is 68.8 Å². The number of nitrogens with zero attached hydrogens (tertiary/aromatic N) is 1. The summed E-state index contributed by atoms with van der Waals surface area (Å²) in [6.07, 6.45) is 8.04. The van der Waals surface area contributed by atoms with Crippen LogP contribution in [0.4, 0.5) is 0 Å². The average molecular weight is 337 g/mol. The molecule has 0 saturated heterocycles. The predicted molar refractivity (Wildman–Crippen MR) is 89.4 cm³/mol. The lowest BCUT2D eigenvalue weighted by molar-refractivity contribution is -0.171. The maximum atomic E-state index is 12.6. The van der Waals surface area contributed by atoms with Gasteiger partial charge in [0.15, 0.2) is 0 Å². The van der Waals surface area contributed by atoms with Gasteiger partial charge < -0.3 is 15.0 Å². The molecule has 3 unspecified atom stereocenters. The first-order chi connectivity index (χ1) is 10.8. The molecule has 1 aromatic rings. The molecule has 0 spiro atoms. The lowest BCUT2D eigenvalue weighted by Crippen LogP contribution is -2.61. The minimum atomic E-state index is -0.489. The molecule has 126 valence electrons. The highest BCUT2D eigenvalue weighted by atomic mass is 35.5. The summed E-state index contributed by atoms with van der Waals surface area (Å²) >= 11 is 5.99. The number of hydrogen-bond acceptors (Lipinski definition) is 2. The predicted octanol–water partition coefficient (Wildman–Crippen LogP) is 3.13. The van der Waals surface area contributed by atoms with Crippen molar-refractivity contribution in [2.24, 2.45) is 24.3 Å². The normalized spacial score (nSPS) is 39.5. The number of carbonyl (C=O) groups excluding carboxylic acids is 1. The van der Waals surface area contributed by atoms with Gasteiger partial charge in [0.25, 0.3) is 5.91 Å². The lowest BCUT2D eigenvalue weighted by atomic mass is 9.46. The lowest BCUT2D eigenvalue weighted by Gasteiger charge is -2.62. The van der Waals surface area contributed by atoms with Gasteiger partial charge in [-0.1, -0.05) is 11.6 Å². The second-order valence-corrected chi connectivity index (χ2v) is 8.83. The zero-order chi connectivity index (χ0) is 16.4. The fourth-order valence-corrected chi connectivity index (χ4v) is 6.21. The number of aromatic nitrogens is 1. The van der Waals surface area contributed by atoms with Crippen molar-refractivity contribution < 1.29 is 9.90 Å². The van der Waals surface area contributed by atoms with Crippen LogP contribution in [0, 0.1) is 17.3 Å². The van der Waals surface area contributed by atoms with Crippen LogP contribution >= 0.6 is 11.6 Å². The first kappa shape index (κ1) is 15.5. The molecule has 1 aromatic heterocycles. The van der Waals surface area contributed by atoms with Gasteiger partial charge >= 0.3 is 0 Å². The van der Waals surface area contributed by atoms with Gasteiger partial charge in [-0.25, -0.2) is 0 Å². The third-order valence-corrected chi connectivity index (χ3v) is 6.75. The summed E-state index contributed by atoms with van der Waals surface area (Å²) in [6, 6.07) is 1.78. The molecule has 4 aliphatic rings. The Bertz CT molecular complexity index is 639. The third-order valence-electron chi connectivity index (χ3n) is 6.55. The van der Waals surface area contributed by atoms with Gasteiger partial charge in [-0.2, -0.15) is 0 Å². The van der Waals surface area contributed by atoms with Crippen LogP contribution in [0.2, 0.25) is 5.02 Å². The smallest absolute Gasteiger partial charge is 0.268 e. The van der Waals surface area contributed by atoms with Crippen molar-refractivity contribution in [3.63, 3.8) is 0 Å². The molecule has 4 bridgehead atoms. The fourth-order valence-electron chi connectivity index (χ4n) is 5.96. The van der Waals surface area contributed by atoms with Crippen LogP contribution < -0.4 is 5.32 Å². The summed E-state index contributed by atoms with van der Waals surface area (Å²) in [5, 5.41) is 14.7. The average Bonchev–Trinajstić information content (AvgIpc) is 2.74. The van der Waals surface area contributed by atoms with Gasteiger partial charge in [-0.15, -0.1) is 0 Å². The van der Waals surface area contributed by atoms with Crippen LogP contribution in [0.25, 0.3) is 0 Å². The van der Waals surface area contributed by atoms with Crippen LogP contribution in [-0.2, 0) is 7.05 Å². The van der Waals surface area contributed by atoms with Crippen LogP contribution in [0.3, 0.4) is 0 Å². The zero-order valence-corrected chi connectivity index (χ0v) is 14.6. The van der Waals surface area contributed by atoms with E-state index in [1.165, 1.54) is 6.42 Å². The number of amides is 1. The molecule has 4 fully saturated rings. The number of hydrogen-bond donors (Lipinski definition) is 2. The molecule has 4 aliphatic carbocycles. The standard InChI is InChI=1S/C18H25ClN2O2/c1-11(20-16(22)15-4-14(19)9-21(15)2)17-5-12-3-13(6-17)8-18(23,7-12)10-17/h4,9,11-13,23H,3,5-8,10H2,1-2H3,(H,20,22). The molecule has 23 heavy (non-hydrogen) atoms. The Balaban J connectivity index is 1.54. The van der Waals surface area contributed by atoms with Crippen LogP contribution in [0.5, 0.6) is 0 Å². The molecular weight excluding hydrogens is 312 g/mol. The Hall–Kier alpha value is -1.00. The van der Waals surface area contributed by atoms with E-state index in [0.717, 1.165) is 32.1 Å². The Morgan fingerprint density at radius 1 is 1.39 bits per heavy atom. The number of rotatable bonds is 3. The van der Waals surface area contributed by atoms with Gasteiger partial charge in [-0.3, -0.25) is 4.79 Å². The minimum absolute atomic E-state index is 0.0590. The molecule has 0 aromatic carbocycles. The van der Waals surface area contributed by atoms with E-state index in [4.69, 9.17) is 11.6 Å². The molecule has 0 aliphatic heterocycles. The van der Waals surface area contributed by atoms with E-state index in [9.17, 15) is 9.90 Å². The number of halogens is 1. The van der Waals surface area contributed by atoms with Crippen molar-refractivity contribution in [1.29, 1.82) is 0 Å². The van der Waals surface area contributed by atoms with Crippen molar-refractivity contribution in [3.05, 3.63) is 23.0 Å². The minimum Gasteiger partial charge on any atom is -0.390 e. The summed E-state index contributed by atoms with van der Waals surface area (Å²) in [6.45, 7) is 2.11. The molecule has 1 heterocycles. The number of carbonyl (C=O) groups is 1. The molecule has 5 rings (SSSR count). The van der Waals surface area contributed by atoms with E-state index in [0.29, 0.717) is 22.6 Å². The summed E-state index contributed by atoms with van der Waals surface area (Å²) in [7, 11) is 1.83. The fraction of sp³-hybridized carbons (Fsp3) is 0.722. The van der Waals surface area contributed by atoms with E-state index in [2.05, 4.69) is 12.2 Å². The SMILES string of the molecule is CC(NC(=O)c1cc(Cl)cn1C)C12CC3CC(CC(O)(C3)C1)C2. The second-order valence-electron chi connectivity index (χ2n) is 8.40. The molecule has 4 nitrogen and oxygen atoms in total. The van der Waals surface area contributed by atoms with Crippen molar-refractivity contribution >= 4 is 17.5 Å². The van der Waals surface area contributed by atoms with Crippen molar-refractivity contribution in [2.75, 3.05) is 0 Å². The van der Waals surface area contributed by atoms with E-state index >= 15 is 0 Å². The summed E-state index contributed by atoms with van der Waals surface area (Å²) < 4.78 is 1.76. The van der Waals surface area contributed by atoms with Crippen molar-refractivity contribution in [2.45, 2.75) is 57.1 Å². The number of aliphatic hydroxyl groups is 1. The van der Waals surface area contributed by atoms with E-state index in [1.54, 1.807) is 16.8 Å². The highest BCUT2D eigenvalue weighted by molar-refractivity contribution is 6.31. The maximum absolute atomic E-state index is 12.6. The van der Waals surface area contributed by atoms with E-state index in [-0.39, 0.29) is 17.4 Å². The molecular formula is C18H25ClN2O2. The molecule has 2 N–H and O–H groups in total. The Labute approximate surface area is 142 Å². The highest BCUT2D eigenvalue weighted by Crippen LogP contribution is 2.62. The van der Waals surface area contributed by atoms with Crippen LogP contribution in [0.15, 0.2) is 12.3 Å². The molecule has 0 radical (unpaired) electrons. The first-order valence-electron chi connectivity index (χ1n) is 8.64. The van der Waals surface area contributed by atoms with Gasteiger partial charge in [0.2, 0.25) is 0 Å². The molecule has 4 saturated carbocycles. The van der Waals surface area contributed by atoms with E-state index < -0.39 is 5.60 Å². The van der Waals surface area contributed by atoms with Crippen LogP contribution in [-0.4, -0.2) is 27.2 Å². The topological polar surface area (TPSA) is 54.3 Å². The molecule has 5 heteroatoms. The summed E-state index contributed by atoms with van der Waals surface area (Å²) in [5.74, 6) is 1.19. The Kier molecular flexibility index (Phi) is 3.37. The summed E-state index contributed by atoms with van der Waals surface area (Å²) in [4.78, 5) is 12.6. The maximum Gasteiger partial charge on any atom is 0.268 e. The quantitative estimate of drug-likeness (QED) is 0.891. The second kappa shape index (κ2) is 5.00. The Morgan fingerprint density at radius 3 is 2.57 bits per heavy atom. The largest absolute Gasteiger partial charge is 0.390 e.